The van der Waals surface area contributed by atoms with Gasteiger partial charge in [-0.3, -0.25) is 4.79 Å². The molecule has 0 spiro atoms. The number of rotatable bonds is 1. The van der Waals surface area contributed by atoms with E-state index in [1.807, 2.05) is 6.07 Å². The van der Waals surface area contributed by atoms with Gasteiger partial charge in [0.1, 0.15) is 5.82 Å². The Morgan fingerprint density at radius 1 is 1.43 bits per heavy atom. The van der Waals surface area contributed by atoms with Gasteiger partial charge in [0.2, 0.25) is 5.24 Å². The van der Waals surface area contributed by atoms with E-state index in [-0.39, 0.29) is 5.82 Å². The summed E-state index contributed by atoms with van der Waals surface area (Å²) in [5.74, 6) is -0.201. The van der Waals surface area contributed by atoms with Crippen molar-refractivity contribution < 1.29 is 9.18 Å². The van der Waals surface area contributed by atoms with E-state index in [9.17, 15) is 9.18 Å². The first kappa shape index (κ1) is 9.41. The lowest BCUT2D eigenvalue weighted by Crippen LogP contribution is -1.87. The standard InChI is InChI=1S/C11H8ClFO/c12-11(14)6-7-4-5-9-8(7)2-1-3-10(9)13/h1-3,6H,4-5H2/b7-6+. The second-order valence-electron chi connectivity index (χ2n) is 3.24. The molecule has 0 fully saturated rings. The first-order valence-electron chi connectivity index (χ1n) is 4.36. The number of allylic oxidation sites excluding steroid dienone is 2. The van der Waals surface area contributed by atoms with Crippen LogP contribution in [-0.2, 0) is 11.2 Å². The minimum atomic E-state index is -0.503. The molecule has 72 valence electrons. The van der Waals surface area contributed by atoms with E-state index in [2.05, 4.69) is 0 Å². The maximum absolute atomic E-state index is 13.3. The molecule has 0 saturated heterocycles. The third-order valence-corrected chi connectivity index (χ3v) is 2.51. The van der Waals surface area contributed by atoms with Gasteiger partial charge in [0.15, 0.2) is 0 Å². The minimum Gasteiger partial charge on any atom is -0.276 e. The Morgan fingerprint density at radius 3 is 2.93 bits per heavy atom. The highest BCUT2D eigenvalue weighted by molar-refractivity contribution is 6.67. The maximum Gasteiger partial charge on any atom is 0.245 e. The second kappa shape index (κ2) is 3.54. The average Bonchev–Trinajstić information content (AvgIpc) is 2.49. The Hall–Kier alpha value is -1.15. The Kier molecular flexibility index (Phi) is 2.38. The maximum atomic E-state index is 13.3. The van der Waals surface area contributed by atoms with E-state index in [4.69, 9.17) is 11.6 Å². The predicted molar refractivity (Wildman–Crippen MR) is 53.6 cm³/mol. The van der Waals surface area contributed by atoms with Crippen molar-refractivity contribution in [2.24, 2.45) is 0 Å². The molecule has 0 atom stereocenters. The first-order valence-corrected chi connectivity index (χ1v) is 4.74. The average molecular weight is 211 g/mol. The Morgan fingerprint density at radius 2 is 2.21 bits per heavy atom. The number of hydrogen-bond donors (Lipinski definition) is 0. The van der Waals surface area contributed by atoms with Gasteiger partial charge in [0.05, 0.1) is 0 Å². The van der Waals surface area contributed by atoms with Crippen LogP contribution in [0.5, 0.6) is 0 Å². The fourth-order valence-corrected chi connectivity index (χ4v) is 1.93. The van der Waals surface area contributed by atoms with Crippen molar-refractivity contribution in [1.82, 2.24) is 0 Å². The molecule has 0 unspecified atom stereocenters. The molecule has 0 N–H and O–H groups in total. The Balaban J connectivity index is 2.50. The highest BCUT2D eigenvalue weighted by atomic mass is 35.5. The quantitative estimate of drug-likeness (QED) is 0.515. The monoisotopic (exact) mass is 210 g/mol. The van der Waals surface area contributed by atoms with Crippen LogP contribution in [0.3, 0.4) is 0 Å². The fourth-order valence-electron chi connectivity index (χ4n) is 1.79. The molecule has 0 amide bonds. The summed E-state index contributed by atoms with van der Waals surface area (Å²) in [5, 5.41) is -0.503. The van der Waals surface area contributed by atoms with Gasteiger partial charge in [-0.1, -0.05) is 12.1 Å². The van der Waals surface area contributed by atoms with Gasteiger partial charge in [-0.25, -0.2) is 4.39 Å². The number of halogens is 2. The van der Waals surface area contributed by atoms with Crippen molar-refractivity contribution in [2.45, 2.75) is 12.8 Å². The molecular formula is C11H8ClFO. The smallest absolute Gasteiger partial charge is 0.245 e. The van der Waals surface area contributed by atoms with Crippen LogP contribution in [0.1, 0.15) is 17.5 Å². The molecule has 2 rings (SSSR count). The lowest BCUT2D eigenvalue weighted by Gasteiger charge is -2.00. The summed E-state index contributed by atoms with van der Waals surface area (Å²) < 4.78 is 13.3. The van der Waals surface area contributed by atoms with Crippen LogP contribution in [0.25, 0.3) is 5.57 Å². The van der Waals surface area contributed by atoms with Crippen LogP contribution in [-0.4, -0.2) is 5.24 Å². The summed E-state index contributed by atoms with van der Waals surface area (Å²) in [6.07, 6.45) is 2.71. The number of carbonyl (C=O) groups is 1. The van der Waals surface area contributed by atoms with Crippen molar-refractivity contribution in [1.29, 1.82) is 0 Å². The molecule has 0 saturated carbocycles. The SMILES string of the molecule is O=C(Cl)/C=C1\CCc2c(F)cccc21. The van der Waals surface area contributed by atoms with Gasteiger partial charge in [0, 0.05) is 6.08 Å². The van der Waals surface area contributed by atoms with Crippen LogP contribution < -0.4 is 0 Å². The van der Waals surface area contributed by atoms with Crippen molar-refractivity contribution >= 4 is 22.4 Å². The van der Waals surface area contributed by atoms with E-state index < -0.39 is 5.24 Å². The van der Waals surface area contributed by atoms with Crippen molar-refractivity contribution in [3.05, 3.63) is 41.2 Å². The van der Waals surface area contributed by atoms with Gasteiger partial charge in [-0.05, 0) is 47.2 Å². The number of fused-ring (bicyclic) bond motifs is 1. The first-order chi connectivity index (χ1) is 6.68. The lowest BCUT2D eigenvalue weighted by molar-refractivity contribution is -0.107. The fraction of sp³-hybridized carbons (Fsp3) is 0.182. The third kappa shape index (κ3) is 1.58. The molecule has 0 aromatic heterocycles. The van der Waals surface area contributed by atoms with E-state index in [0.717, 1.165) is 11.1 Å². The lowest BCUT2D eigenvalue weighted by atomic mass is 10.1. The zero-order valence-electron chi connectivity index (χ0n) is 7.39. The zero-order chi connectivity index (χ0) is 10.1. The van der Waals surface area contributed by atoms with Crippen LogP contribution in [0.4, 0.5) is 4.39 Å². The van der Waals surface area contributed by atoms with Crippen LogP contribution in [0, 0.1) is 5.82 Å². The largest absolute Gasteiger partial charge is 0.276 e. The van der Waals surface area contributed by atoms with E-state index >= 15 is 0 Å². The van der Waals surface area contributed by atoms with Crippen LogP contribution >= 0.6 is 11.6 Å². The van der Waals surface area contributed by atoms with E-state index in [1.54, 1.807) is 6.07 Å². The van der Waals surface area contributed by atoms with E-state index in [1.165, 1.54) is 12.1 Å². The molecule has 0 heterocycles. The molecular weight excluding hydrogens is 203 g/mol. The van der Waals surface area contributed by atoms with Gasteiger partial charge in [-0.15, -0.1) is 0 Å². The summed E-state index contributed by atoms with van der Waals surface area (Å²) in [5.41, 5.74) is 2.34. The number of benzene rings is 1. The molecule has 1 aliphatic rings. The van der Waals surface area contributed by atoms with E-state index in [0.29, 0.717) is 18.4 Å². The molecule has 0 bridgehead atoms. The predicted octanol–water partition coefficient (Wildman–Crippen LogP) is 2.92. The summed E-state index contributed by atoms with van der Waals surface area (Å²) in [6, 6.07) is 4.90. The second-order valence-corrected chi connectivity index (χ2v) is 3.61. The summed E-state index contributed by atoms with van der Waals surface area (Å²) >= 11 is 5.26. The van der Waals surface area contributed by atoms with Gasteiger partial charge in [-0.2, -0.15) is 0 Å². The van der Waals surface area contributed by atoms with Crippen LogP contribution in [0.2, 0.25) is 0 Å². The molecule has 14 heavy (non-hydrogen) atoms. The molecule has 1 aromatic carbocycles. The van der Waals surface area contributed by atoms with Gasteiger partial charge < -0.3 is 0 Å². The van der Waals surface area contributed by atoms with Crippen molar-refractivity contribution in [2.75, 3.05) is 0 Å². The molecule has 1 nitrogen and oxygen atoms in total. The summed E-state index contributed by atoms with van der Waals surface area (Å²) in [7, 11) is 0. The van der Waals surface area contributed by atoms with Crippen molar-refractivity contribution in [3.63, 3.8) is 0 Å². The Bertz CT molecular complexity index is 423. The molecule has 0 aliphatic heterocycles. The highest BCUT2D eigenvalue weighted by Crippen LogP contribution is 2.33. The highest BCUT2D eigenvalue weighted by Gasteiger charge is 2.19. The minimum absolute atomic E-state index is 0.201. The normalized spacial score (nSPS) is 17.1. The Labute approximate surface area is 86.2 Å². The van der Waals surface area contributed by atoms with Crippen LogP contribution in [0.15, 0.2) is 24.3 Å². The summed E-state index contributed by atoms with van der Waals surface area (Å²) in [4.78, 5) is 10.7. The zero-order valence-corrected chi connectivity index (χ0v) is 8.14. The van der Waals surface area contributed by atoms with Gasteiger partial charge in [0.25, 0.3) is 0 Å². The van der Waals surface area contributed by atoms with Crippen molar-refractivity contribution in [3.8, 4) is 0 Å². The molecule has 1 aromatic rings. The summed E-state index contributed by atoms with van der Waals surface area (Å²) in [6.45, 7) is 0. The number of hydrogen-bond acceptors (Lipinski definition) is 1. The van der Waals surface area contributed by atoms with Gasteiger partial charge >= 0.3 is 0 Å². The molecule has 3 heteroatoms. The molecule has 0 radical (unpaired) electrons. The molecule has 1 aliphatic carbocycles. The number of carbonyl (C=O) groups excluding carboxylic acids is 1. The third-order valence-electron chi connectivity index (χ3n) is 2.40. The topological polar surface area (TPSA) is 17.1 Å².